The van der Waals surface area contributed by atoms with Crippen LogP contribution in [0, 0.1) is 6.92 Å². The Morgan fingerprint density at radius 3 is 2.94 bits per heavy atom. The molecule has 2 N–H and O–H groups in total. The molecule has 4 nitrogen and oxygen atoms in total. The lowest BCUT2D eigenvalue weighted by molar-refractivity contribution is -0.132. The summed E-state index contributed by atoms with van der Waals surface area (Å²) in [4.78, 5) is 17.7. The molecule has 0 radical (unpaired) electrons. The number of nitrogens with two attached hydrogens (primary N) is 1. The van der Waals surface area contributed by atoms with E-state index in [9.17, 15) is 4.79 Å². The van der Waals surface area contributed by atoms with Crippen molar-refractivity contribution in [1.29, 1.82) is 0 Å². The summed E-state index contributed by atoms with van der Waals surface area (Å²) in [5.41, 5.74) is 7.91. The zero-order valence-electron chi connectivity index (χ0n) is 10.4. The first kappa shape index (κ1) is 11.9. The quantitative estimate of drug-likeness (QED) is 0.807. The zero-order valence-corrected chi connectivity index (χ0v) is 10.4. The molecule has 0 aliphatic carbocycles. The summed E-state index contributed by atoms with van der Waals surface area (Å²) in [5, 5.41) is 0. The average Bonchev–Trinajstić information content (AvgIpc) is 2.29. The smallest absolute Gasteiger partial charge is 0.219 e. The standard InChI is InChI=1S/C13H19N3O/c1-9-7-13(14)15-8-11(9)12-5-3-4-6-16(12)10(2)17/h7-8,12H,3-6H2,1-2H3,(H2,14,15)/t12-/m0/s1. The van der Waals surface area contributed by atoms with Crippen molar-refractivity contribution in [3.05, 3.63) is 23.4 Å². The molecule has 1 atom stereocenters. The van der Waals surface area contributed by atoms with Crippen LogP contribution < -0.4 is 5.73 Å². The number of nitrogens with zero attached hydrogens (tertiary/aromatic N) is 2. The summed E-state index contributed by atoms with van der Waals surface area (Å²) in [6.07, 6.45) is 5.10. The predicted octanol–water partition coefficient (Wildman–Crippen LogP) is 2.05. The van der Waals surface area contributed by atoms with E-state index in [0.717, 1.165) is 36.9 Å². The van der Waals surface area contributed by atoms with Crippen LogP contribution in [0.5, 0.6) is 0 Å². The van der Waals surface area contributed by atoms with Crippen molar-refractivity contribution in [2.24, 2.45) is 0 Å². The van der Waals surface area contributed by atoms with E-state index in [0.29, 0.717) is 5.82 Å². The molecule has 1 saturated heterocycles. The second-order valence-corrected chi connectivity index (χ2v) is 4.69. The van der Waals surface area contributed by atoms with Crippen LogP contribution in [-0.2, 0) is 4.79 Å². The number of aromatic nitrogens is 1. The van der Waals surface area contributed by atoms with Gasteiger partial charge in [-0.1, -0.05) is 0 Å². The number of piperidine rings is 1. The summed E-state index contributed by atoms with van der Waals surface area (Å²) >= 11 is 0. The number of hydrogen-bond acceptors (Lipinski definition) is 3. The Bertz CT molecular complexity index is 431. The van der Waals surface area contributed by atoms with Crippen LogP contribution in [0.25, 0.3) is 0 Å². The van der Waals surface area contributed by atoms with E-state index < -0.39 is 0 Å². The minimum Gasteiger partial charge on any atom is -0.384 e. The Balaban J connectivity index is 2.32. The molecule has 92 valence electrons. The number of likely N-dealkylation sites (tertiary alicyclic amines) is 1. The van der Waals surface area contributed by atoms with E-state index >= 15 is 0 Å². The molecule has 17 heavy (non-hydrogen) atoms. The fourth-order valence-electron chi connectivity index (χ4n) is 2.57. The van der Waals surface area contributed by atoms with Gasteiger partial charge in [0.15, 0.2) is 0 Å². The van der Waals surface area contributed by atoms with Gasteiger partial charge in [-0.15, -0.1) is 0 Å². The second kappa shape index (κ2) is 4.73. The van der Waals surface area contributed by atoms with E-state index in [4.69, 9.17) is 5.73 Å². The van der Waals surface area contributed by atoms with Gasteiger partial charge in [0.2, 0.25) is 5.91 Å². The average molecular weight is 233 g/mol. The summed E-state index contributed by atoms with van der Waals surface area (Å²) in [7, 11) is 0. The van der Waals surface area contributed by atoms with Gasteiger partial charge in [-0.3, -0.25) is 4.79 Å². The van der Waals surface area contributed by atoms with E-state index in [2.05, 4.69) is 4.98 Å². The van der Waals surface area contributed by atoms with Crippen LogP contribution in [0.2, 0.25) is 0 Å². The third kappa shape index (κ3) is 2.40. The van der Waals surface area contributed by atoms with Gasteiger partial charge in [-0.05, 0) is 43.4 Å². The molecule has 1 amide bonds. The first-order valence-corrected chi connectivity index (χ1v) is 6.09. The highest BCUT2D eigenvalue weighted by atomic mass is 16.2. The molecule has 4 heteroatoms. The molecule has 0 saturated carbocycles. The topological polar surface area (TPSA) is 59.2 Å². The van der Waals surface area contributed by atoms with Gasteiger partial charge in [0, 0.05) is 19.7 Å². The molecule has 2 heterocycles. The van der Waals surface area contributed by atoms with Crippen LogP contribution in [-0.4, -0.2) is 22.3 Å². The SMILES string of the molecule is CC(=O)N1CCCC[C@H]1c1cnc(N)cc1C. The molecule has 0 bridgehead atoms. The minimum atomic E-state index is 0.144. The maximum absolute atomic E-state index is 11.6. The van der Waals surface area contributed by atoms with Gasteiger partial charge in [0.05, 0.1) is 6.04 Å². The van der Waals surface area contributed by atoms with Gasteiger partial charge >= 0.3 is 0 Å². The van der Waals surface area contributed by atoms with Crippen molar-refractivity contribution in [2.45, 2.75) is 39.2 Å². The van der Waals surface area contributed by atoms with Gasteiger partial charge in [-0.2, -0.15) is 0 Å². The Labute approximate surface area is 102 Å². The first-order chi connectivity index (χ1) is 8.09. The molecule has 1 aromatic rings. The summed E-state index contributed by atoms with van der Waals surface area (Å²) < 4.78 is 0. The van der Waals surface area contributed by atoms with Crippen molar-refractivity contribution in [3.8, 4) is 0 Å². The van der Waals surface area contributed by atoms with E-state index in [1.54, 1.807) is 6.92 Å². The third-order valence-corrected chi connectivity index (χ3v) is 3.44. The lowest BCUT2D eigenvalue weighted by Crippen LogP contribution is -2.37. The number of carbonyl (C=O) groups excluding carboxylic acids is 1. The number of anilines is 1. The molecular weight excluding hydrogens is 214 g/mol. The molecule has 0 aromatic carbocycles. The first-order valence-electron chi connectivity index (χ1n) is 6.09. The number of aryl methyl sites for hydroxylation is 1. The van der Waals surface area contributed by atoms with Gasteiger partial charge < -0.3 is 10.6 Å². The lowest BCUT2D eigenvalue weighted by atomic mass is 9.93. The highest BCUT2D eigenvalue weighted by Gasteiger charge is 2.27. The number of rotatable bonds is 1. The van der Waals surface area contributed by atoms with Crippen molar-refractivity contribution in [1.82, 2.24) is 9.88 Å². The summed E-state index contributed by atoms with van der Waals surface area (Å²) in [6.45, 7) is 4.52. The summed E-state index contributed by atoms with van der Waals surface area (Å²) in [5.74, 6) is 0.683. The van der Waals surface area contributed by atoms with E-state index in [1.807, 2.05) is 24.1 Å². The number of amides is 1. The maximum atomic E-state index is 11.6. The Kier molecular flexibility index (Phi) is 3.31. The fourth-order valence-corrected chi connectivity index (χ4v) is 2.57. The lowest BCUT2D eigenvalue weighted by Gasteiger charge is -2.36. The predicted molar refractivity (Wildman–Crippen MR) is 67.4 cm³/mol. The van der Waals surface area contributed by atoms with Gasteiger partial charge in [0.1, 0.15) is 5.82 Å². The van der Waals surface area contributed by atoms with E-state index in [1.165, 1.54) is 0 Å². The monoisotopic (exact) mass is 233 g/mol. The Morgan fingerprint density at radius 1 is 1.53 bits per heavy atom. The van der Waals surface area contributed by atoms with Crippen molar-refractivity contribution in [3.63, 3.8) is 0 Å². The number of hydrogen-bond donors (Lipinski definition) is 1. The highest BCUT2D eigenvalue weighted by Crippen LogP contribution is 2.32. The number of nitrogen functional groups attached to an aromatic ring is 1. The molecule has 1 fully saturated rings. The highest BCUT2D eigenvalue weighted by molar-refractivity contribution is 5.74. The van der Waals surface area contributed by atoms with E-state index in [-0.39, 0.29) is 11.9 Å². The second-order valence-electron chi connectivity index (χ2n) is 4.69. The minimum absolute atomic E-state index is 0.144. The van der Waals surface area contributed by atoms with Crippen LogP contribution in [0.15, 0.2) is 12.3 Å². The maximum Gasteiger partial charge on any atom is 0.219 e. The van der Waals surface area contributed by atoms with Crippen molar-refractivity contribution < 1.29 is 4.79 Å². The molecule has 0 spiro atoms. The van der Waals surface area contributed by atoms with Crippen LogP contribution in [0.1, 0.15) is 43.4 Å². The third-order valence-electron chi connectivity index (χ3n) is 3.44. The number of pyridine rings is 1. The molecule has 1 aliphatic heterocycles. The van der Waals surface area contributed by atoms with Crippen molar-refractivity contribution in [2.75, 3.05) is 12.3 Å². The molecule has 2 rings (SSSR count). The number of carbonyl (C=O) groups is 1. The Hall–Kier alpha value is -1.58. The van der Waals surface area contributed by atoms with Gasteiger partial charge in [0.25, 0.3) is 0 Å². The largest absolute Gasteiger partial charge is 0.384 e. The summed E-state index contributed by atoms with van der Waals surface area (Å²) in [6, 6.07) is 2.05. The molecular formula is C13H19N3O. The fraction of sp³-hybridized carbons (Fsp3) is 0.538. The van der Waals surface area contributed by atoms with Crippen LogP contribution in [0.3, 0.4) is 0 Å². The van der Waals surface area contributed by atoms with Gasteiger partial charge in [-0.25, -0.2) is 4.98 Å². The van der Waals surface area contributed by atoms with Crippen LogP contribution >= 0.6 is 0 Å². The normalized spacial score (nSPS) is 20.4. The zero-order chi connectivity index (χ0) is 12.4. The molecule has 0 unspecified atom stereocenters. The van der Waals surface area contributed by atoms with Crippen LogP contribution in [0.4, 0.5) is 5.82 Å². The Morgan fingerprint density at radius 2 is 2.29 bits per heavy atom. The molecule has 1 aromatic heterocycles. The van der Waals surface area contributed by atoms with Crippen molar-refractivity contribution >= 4 is 11.7 Å². The molecule has 1 aliphatic rings.